The molecule has 0 radical (unpaired) electrons. The number of nitrogens with zero attached hydrogens (tertiary/aromatic N) is 1. The summed E-state index contributed by atoms with van der Waals surface area (Å²) in [5.41, 5.74) is 2.57. The van der Waals surface area contributed by atoms with E-state index in [1.807, 2.05) is 0 Å². The number of rotatable bonds is 4. The number of carbonyl (C=O) groups is 1. The summed E-state index contributed by atoms with van der Waals surface area (Å²) in [6.07, 6.45) is 3.19. The fourth-order valence-corrected chi connectivity index (χ4v) is 2.50. The molecule has 1 aliphatic heterocycles. The van der Waals surface area contributed by atoms with Crippen LogP contribution in [0.2, 0.25) is 0 Å². The Bertz CT molecular complexity index is 386. The molecule has 3 nitrogen and oxygen atoms in total. The Morgan fingerprint density at radius 2 is 2.12 bits per heavy atom. The van der Waals surface area contributed by atoms with Crippen molar-refractivity contribution in [2.24, 2.45) is 0 Å². The molecule has 1 saturated heterocycles. The molecule has 0 unspecified atom stereocenters. The number of aryl methyl sites for hydroxylation is 1. The maximum absolute atomic E-state index is 10.8. The first kappa shape index (κ1) is 12.1. The molecule has 0 aromatic heterocycles. The van der Waals surface area contributed by atoms with Crippen molar-refractivity contribution in [1.82, 2.24) is 4.90 Å². The van der Waals surface area contributed by atoms with Crippen molar-refractivity contribution < 1.29 is 9.90 Å². The van der Waals surface area contributed by atoms with Crippen LogP contribution in [0, 0.1) is 6.92 Å². The van der Waals surface area contributed by atoms with E-state index in [1.54, 1.807) is 0 Å². The number of likely N-dealkylation sites (tertiary alicyclic amines) is 1. The van der Waals surface area contributed by atoms with Gasteiger partial charge in [0.15, 0.2) is 0 Å². The van der Waals surface area contributed by atoms with Gasteiger partial charge >= 0.3 is 5.97 Å². The number of hydrogen-bond donors (Lipinski definition) is 1. The number of hydrogen-bond acceptors (Lipinski definition) is 2. The Hall–Kier alpha value is -1.35. The predicted octanol–water partition coefficient (Wildman–Crippen LogP) is 2.09. The molecular weight excluding hydrogens is 214 g/mol. The van der Waals surface area contributed by atoms with Gasteiger partial charge in [-0.1, -0.05) is 29.8 Å². The molecule has 17 heavy (non-hydrogen) atoms. The molecular formula is C14H19NO2. The number of carboxylic acids is 1. The van der Waals surface area contributed by atoms with Gasteiger partial charge in [0, 0.05) is 6.04 Å². The molecule has 0 bridgehead atoms. The lowest BCUT2D eigenvalue weighted by molar-refractivity contribution is -0.138. The van der Waals surface area contributed by atoms with Crippen molar-refractivity contribution in [2.75, 3.05) is 13.1 Å². The topological polar surface area (TPSA) is 40.5 Å². The largest absolute Gasteiger partial charge is 0.480 e. The summed E-state index contributed by atoms with van der Waals surface area (Å²) < 4.78 is 0. The first-order valence-corrected chi connectivity index (χ1v) is 6.16. The van der Waals surface area contributed by atoms with E-state index in [1.165, 1.54) is 11.1 Å². The van der Waals surface area contributed by atoms with Crippen molar-refractivity contribution in [1.29, 1.82) is 0 Å². The van der Waals surface area contributed by atoms with E-state index in [9.17, 15) is 4.79 Å². The van der Waals surface area contributed by atoms with Crippen LogP contribution < -0.4 is 0 Å². The number of carboxylic acid groups (broad SMARTS) is 1. The lowest BCUT2D eigenvalue weighted by atomic mass is 10.0. The zero-order valence-corrected chi connectivity index (χ0v) is 10.2. The fourth-order valence-electron chi connectivity index (χ4n) is 2.50. The normalized spacial score (nSPS) is 20.6. The standard InChI is InChI=1S/C14H19NO2/c1-11-4-6-12(7-5-11)9-13-3-2-8-15(13)10-14(16)17/h4-7,13H,2-3,8-10H2,1H3,(H,16,17)/t13-/m0/s1. The second-order valence-electron chi connectivity index (χ2n) is 4.85. The van der Waals surface area contributed by atoms with E-state index in [4.69, 9.17) is 5.11 Å². The minimum absolute atomic E-state index is 0.177. The van der Waals surface area contributed by atoms with E-state index in [0.717, 1.165) is 25.8 Å². The first-order valence-electron chi connectivity index (χ1n) is 6.16. The Morgan fingerprint density at radius 1 is 1.41 bits per heavy atom. The average Bonchev–Trinajstić information content (AvgIpc) is 2.68. The van der Waals surface area contributed by atoms with Gasteiger partial charge in [0.1, 0.15) is 0 Å². The second-order valence-corrected chi connectivity index (χ2v) is 4.85. The maximum atomic E-state index is 10.8. The summed E-state index contributed by atoms with van der Waals surface area (Å²) in [5, 5.41) is 8.85. The van der Waals surface area contributed by atoms with E-state index < -0.39 is 5.97 Å². The van der Waals surface area contributed by atoms with Crippen molar-refractivity contribution >= 4 is 5.97 Å². The monoisotopic (exact) mass is 233 g/mol. The molecule has 92 valence electrons. The first-order chi connectivity index (χ1) is 8.15. The molecule has 3 heteroatoms. The van der Waals surface area contributed by atoms with E-state index in [-0.39, 0.29) is 6.54 Å². The molecule has 0 aliphatic carbocycles. The third-order valence-electron chi connectivity index (χ3n) is 3.43. The molecule has 1 aromatic carbocycles. The molecule has 0 amide bonds. The van der Waals surface area contributed by atoms with Gasteiger partial charge in [-0.25, -0.2) is 0 Å². The maximum Gasteiger partial charge on any atom is 0.317 e. The quantitative estimate of drug-likeness (QED) is 0.865. The highest BCUT2D eigenvalue weighted by Gasteiger charge is 2.25. The summed E-state index contributed by atoms with van der Waals surface area (Å²) in [6.45, 7) is 3.18. The van der Waals surface area contributed by atoms with Gasteiger partial charge in [-0.3, -0.25) is 9.69 Å². The highest BCUT2D eigenvalue weighted by Crippen LogP contribution is 2.20. The molecule has 0 spiro atoms. The number of benzene rings is 1. The molecule has 1 fully saturated rings. The predicted molar refractivity (Wildman–Crippen MR) is 67.1 cm³/mol. The minimum Gasteiger partial charge on any atom is -0.480 e. The second kappa shape index (κ2) is 5.32. The average molecular weight is 233 g/mol. The summed E-state index contributed by atoms with van der Waals surface area (Å²) >= 11 is 0. The summed E-state index contributed by atoms with van der Waals surface area (Å²) in [7, 11) is 0. The van der Waals surface area contributed by atoms with Crippen LogP contribution >= 0.6 is 0 Å². The van der Waals surface area contributed by atoms with Gasteiger partial charge in [-0.2, -0.15) is 0 Å². The Morgan fingerprint density at radius 3 is 2.76 bits per heavy atom. The van der Waals surface area contributed by atoms with Gasteiger partial charge in [0.25, 0.3) is 0 Å². The van der Waals surface area contributed by atoms with Crippen molar-refractivity contribution in [3.05, 3.63) is 35.4 Å². The van der Waals surface area contributed by atoms with Crippen LogP contribution in [0.4, 0.5) is 0 Å². The van der Waals surface area contributed by atoms with Crippen molar-refractivity contribution in [3.63, 3.8) is 0 Å². The van der Waals surface area contributed by atoms with E-state index in [0.29, 0.717) is 6.04 Å². The zero-order valence-electron chi connectivity index (χ0n) is 10.2. The van der Waals surface area contributed by atoms with E-state index in [2.05, 4.69) is 36.1 Å². The van der Waals surface area contributed by atoms with Crippen LogP contribution in [0.3, 0.4) is 0 Å². The highest BCUT2D eigenvalue weighted by atomic mass is 16.4. The summed E-state index contributed by atoms with van der Waals surface area (Å²) in [5.74, 6) is -0.721. The zero-order chi connectivity index (χ0) is 12.3. The summed E-state index contributed by atoms with van der Waals surface area (Å²) in [6, 6.07) is 8.92. The van der Waals surface area contributed by atoms with E-state index >= 15 is 0 Å². The molecule has 1 aliphatic rings. The van der Waals surface area contributed by atoms with Gasteiger partial charge in [0.05, 0.1) is 6.54 Å². The Kier molecular flexibility index (Phi) is 3.79. The van der Waals surface area contributed by atoms with Gasteiger partial charge in [-0.05, 0) is 38.3 Å². The molecule has 1 N–H and O–H groups in total. The molecule has 2 rings (SSSR count). The van der Waals surface area contributed by atoms with Crippen LogP contribution in [-0.4, -0.2) is 35.1 Å². The molecule has 0 saturated carbocycles. The van der Waals surface area contributed by atoms with Crippen LogP contribution in [0.5, 0.6) is 0 Å². The van der Waals surface area contributed by atoms with Gasteiger partial charge < -0.3 is 5.11 Å². The Balaban J connectivity index is 1.97. The third-order valence-corrected chi connectivity index (χ3v) is 3.43. The molecule has 1 heterocycles. The lowest BCUT2D eigenvalue weighted by Crippen LogP contribution is -2.35. The Labute approximate surface area is 102 Å². The lowest BCUT2D eigenvalue weighted by Gasteiger charge is -2.22. The number of aliphatic carboxylic acids is 1. The fraction of sp³-hybridized carbons (Fsp3) is 0.500. The van der Waals surface area contributed by atoms with Crippen LogP contribution in [0.25, 0.3) is 0 Å². The smallest absolute Gasteiger partial charge is 0.317 e. The third kappa shape index (κ3) is 3.30. The van der Waals surface area contributed by atoms with Gasteiger partial charge in [0.2, 0.25) is 0 Å². The summed E-state index contributed by atoms with van der Waals surface area (Å²) in [4.78, 5) is 12.8. The van der Waals surface area contributed by atoms with Gasteiger partial charge in [-0.15, -0.1) is 0 Å². The van der Waals surface area contributed by atoms with Crippen LogP contribution in [0.1, 0.15) is 24.0 Å². The highest BCUT2D eigenvalue weighted by molar-refractivity contribution is 5.69. The van der Waals surface area contributed by atoms with Crippen molar-refractivity contribution in [2.45, 2.75) is 32.2 Å². The van der Waals surface area contributed by atoms with Crippen LogP contribution in [-0.2, 0) is 11.2 Å². The van der Waals surface area contributed by atoms with Crippen molar-refractivity contribution in [3.8, 4) is 0 Å². The molecule has 1 atom stereocenters. The molecule has 1 aromatic rings. The SMILES string of the molecule is Cc1ccc(C[C@@H]2CCCN2CC(=O)O)cc1. The minimum atomic E-state index is -0.721. The van der Waals surface area contributed by atoms with Crippen LogP contribution in [0.15, 0.2) is 24.3 Å².